The predicted octanol–water partition coefficient (Wildman–Crippen LogP) is 9.70. The van der Waals surface area contributed by atoms with Gasteiger partial charge >= 0.3 is 5.97 Å². The number of fused-ring (bicyclic) bond motifs is 7. The topological polar surface area (TPSA) is 169 Å². The van der Waals surface area contributed by atoms with Crippen LogP contribution >= 0.6 is 34.5 Å². The van der Waals surface area contributed by atoms with Crippen LogP contribution in [0.4, 0.5) is 4.39 Å². The van der Waals surface area contributed by atoms with Gasteiger partial charge in [-0.2, -0.15) is 0 Å². The highest BCUT2D eigenvalue weighted by atomic mass is 35.5. The van der Waals surface area contributed by atoms with Crippen LogP contribution in [-0.4, -0.2) is 138 Å². The van der Waals surface area contributed by atoms with Crippen molar-refractivity contribution < 1.29 is 52.5 Å². The molecule has 11 rings (SSSR count). The molecule has 20 heteroatoms. The van der Waals surface area contributed by atoms with Gasteiger partial charge in [-0.1, -0.05) is 35.3 Å². The summed E-state index contributed by atoms with van der Waals surface area (Å²) in [5.74, 6) is 0.463. The molecule has 7 heterocycles. The summed E-state index contributed by atoms with van der Waals surface area (Å²) in [7, 11) is 2.11. The van der Waals surface area contributed by atoms with Crippen LogP contribution in [0.15, 0.2) is 61.1 Å². The second-order valence-electron chi connectivity index (χ2n) is 19.3. The van der Waals surface area contributed by atoms with Gasteiger partial charge in [0.05, 0.1) is 59.8 Å². The van der Waals surface area contributed by atoms with E-state index in [0.717, 1.165) is 57.7 Å². The largest absolute Gasteiger partial charge is 0.490 e. The van der Waals surface area contributed by atoms with E-state index in [1.54, 1.807) is 36.5 Å². The highest BCUT2D eigenvalue weighted by Crippen LogP contribution is 2.53. The number of carbonyl (C=O) groups is 1. The van der Waals surface area contributed by atoms with E-state index in [-0.39, 0.29) is 43.6 Å². The zero-order valence-corrected chi connectivity index (χ0v) is 43.9. The van der Waals surface area contributed by atoms with Crippen LogP contribution in [-0.2, 0) is 37.1 Å². The van der Waals surface area contributed by atoms with Gasteiger partial charge in [0, 0.05) is 73.7 Å². The fraction of sp³-hybridized carbons (Fsp3) is 0.463. The third-order valence-corrected chi connectivity index (χ3v) is 16.2. The van der Waals surface area contributed by atoms with Crippen molar-refractivity contribution in [2.24, 2.45) is 0 Å². The molecule has 0 unspecified atom stereocenters. The molecule has 4 bridgehead atoms. The molecule has 3 aromatic carbocycles. The van der Waals surface area contributed by atoms with Gasteiger partial charge in [-0.25, -0.2) is 38.9 Å². The van der Waals surface area contributed by atoms with Crippen molar-refractivity contribution in [3.63, 3.8) is 0 Å². The standard InChI is InChI=1S/C54H59Cl2FN6O10S/c1-31-44-32(2)48(56)49(47(31)55)71-41(26-63-19-17-62(3)18-20-63)29-68-39-12-13-42(69-27-37-14-16-58-51(61-37)34-6-10-38(11-7-34)73-70-21-15-40-28-66-22-23-67-40)35(24-39)25-43(54(64)65)72-52-46-45(44)50(74-53(46)60-30-59-52)33-4-8-36(57)9-5-33/h4-5,8-9,12-14,16,24,30,34,38,40-41,43H,6-7,10-11,15,17-23,25-29H2,1-3H3,(H,64,65)/t34?,38?,40-,41-,43-/m1/s1. The summed E-state index contributed by atoms with van der Waals surface area (Å²) < 4.78 is 52.0. The average molecular weight is 1070 g/mol. The lowest BCUT2D eigenvalue weighted by molar-refractivity contribution is -0.331. The number of aromatic nitrogens is 4. The van der Waals surface area contributed by atoms with Gasteiger partial charge in [0.15, 0.2) is 5.75 Å². The van der Waals surface area contributed by atoms with Gasteiger partial charge in [-0.05, 0) is 105 Å². The average Bonchev–Trinajstić information content (AvgIpc) is 3.80. The van der Waals surface area contributed by atoms with Crippen molar-refractivity contribution >= 4 is 50.7 Å². The summed E-state index contributed by atoms with van der Waals surface area (Å²) in [5.41, 5.74) is 4.45. The number of likely N-dealkylation sites (N-methyl/N-ethyl adjacent to an activating group) is 1. The quantitative estimate of drug-likeness (QED) is 0.0658. The van der Waals surface area contributed by atoms with E-state index < -0.39 is 24.0 Å². The molecule has 3 aromatic heterocycles. The third-order valence-electron chi connectivity index (χ3n) is 14.1. The number of piperazine rings is 1. The Bertz CT molecular complexity index is 2900. The number of carboxylic acid groups (broad SMARTS) is 1. The number of rotatable bonds is 13. The lowest BCUT2D eigenvalue weighted by Gasteiger charge is -2.35. The van der Waals surface area contributed by atoms with E-state index in [2.05, 4.69) is 31.8 Å². The van der Waals surface area contributed by atoms with Crippen molar-refractivity contribution in [1.82, 2.24) is 29.7 Å². The molecule has 6 aromatic rings. The lowest BCUT2D eigenvalue weighted by atomic mass is 9.87. The highest BCUT2D eigenvalue weighted by Gasteiger charge is 2.33. The van der Waals surface area contributed by atoms with E-state index in [9.17, 15) is 14.3 Å². The maximum atomic E-state index is 14.4. The van der Waals surface area contributed by atoms with Crippen molar-refractivity contribution in [1.29, 1.82) is 0 Å². The van der Waals surface area contributed by atoms with Crippen LogP contribution in [0, 0.1) is 19.7 Å². The molecule has 0 amide bonds. The highest BCUT2D eigenvalue weighted by molar-refractivity contribution is 7.22. The molecular formula is C54H59Cl2FN6O10S. The molecule has 1 saturated carbocycles. The van der Waals surface area contributed by atoms with Crippen molar-refractivity contribution in [3.8, 4) is 44.7 Å². The molecule has 2 saturated heterocycles. The molecule has 3 atom stereocenters. The monoisotopic (exact) mass is 1070 g/mol. The zero-order chi connectivity index (χ0) is 51.3. The number of carboxylic acids is 1. The molecule has 16 nitrogen and oxygen atoms in total. The maximum Gasteiger partial charge on any atom is 0.345 e. The Morgan fingerprint density at radius 3 is 2.43 bits per heavy atom. The first-order valence-corrected chi connectivity index (χ1v) is 26.7. The van der Waals surface area contributed by atoms with Gasteiger partial charge in [0.1, 0.15) is 53.6 Å². The molecule has 1 aliphatic carbocycles. The Morgan fingerprint density at radius 1 is 0.905 bits per heavy atom. The zero-order valence-electron chi connectivity index (χ0n) is 41.5. The Labute approximate surface area is 442 Å². The molecule has 4 aliphatic heterocycles. The molecule has 0 spiro atoms. The summed E-state index contributed by atoms with van der Waals surface area (Å²) in [5, 5.41) is 12.0. The van der Waals surface area contributed by atoms with Gasteiger partial charge in [-0.3, -0.25) is 4.90 Å². The normalized spacial score (nSPS) is 21.9. The number of aliphatic carboxylic acids is 1. The van der Waals surface area contributed by atoms with Crippen LogP contribution in [0.2, 0.25) is 10.0 Å². The van der Waals surface area contributed by atoms with Gasteiger partial charge in [0.25, 0.3) is 0 Å². The number of nitrogens with zero attached hydrogens (tertiary/aromatic N) is 6. The van der Waals surface area contributed by atoms with Gasteiger partial charge < -0.3 is 38.4 Å². The number of hydrogen-bond donors (Lipinski definition) is 1. The summed E-state index contributed by atoms with van der Waals surface area (Å²) >= 11 is 16.0. The van der Waals surface area contributed by atoms with Gasteiger partial charge in [0.2, 0.25) is 12.0 Å². The number of hydrogen-bond acceptors (Lipinski definition) is 16. The summed E-state index contributed by atoms with van der Waals surface area (Å²) in [6.07, 6.45) is 4.96. The predicted molar refractivity (Wildman–Crippen MR) is 277 cm³/mol. The van der Waals surface area contributed by atoms with Crippen LogP contribution in [0.3, 0.4) is 0 Å². The second-order valence-corrected chi connectivity index (χ2v) is 21.0. The molecule has 1 N–H and O–H groups in total. The minimum Gasteiger partial charge on any atom is -0.490 e. The van der Waals surface area contributed by atoms with Crippen molar-refractivity contribution in [2.75, 3.05) is 72.8 Å². The summed E-state index contributed by atoms with van der Waals surface area (Å²) in [6.45, 7) is 10.2. The van der Waals surface area contributed by atoms with Gasteiger partial charge in [-0.15, -0.1) is 11.3 Å². The SMILES string of the molecule is Cc1c(Cl)c2c(Cl)c(C)c1-c1c(-c3ccc(F)cc3)sc3ncnc(c13)O[C@@H](C(=O)O)Cc1cc(ccc1OCc1ccnc(C3CCC(OOCC[C@@H]4COCCO4)CC3)n1)OC[C@@H](CN1CCN(C)CC1)O2. The minimum atomic E-state index is -1.47. The molecule has 0 radical (unpaired) electrons. The first-order chi connectivity index (χ1) is 35.9. The third kappa shape index (κ3) is 12.0. The summed E-state index contributed by atoms with van der Waals surface area (Å²) in [4.78, 5) is 49.4. The molecule has 392 valence electrons. The van der Waals surface area contributed by atoms with Crippen LogP contribution in [0.1, 0.15) is 66.2 Å². The Kier molecular flexibility index (Phi) is 16.7. The van der Waals surface area contributed by atoms with E-state index >= 15 is 0 Å². The Hall–Kier alpha value is -5.28. The fourth-order valence-corrected chi connectivity index (χ4v) is 11.7. The lowest BCUT2D eigenvalue weighted by Crippen LogP contribution is -2.49. The van der Waals surface area contributed by atoms with E-state index in [1.165, 1.54) is 29.8 Å². The first-order valence-electron chi connectivity index (χ1n) is 25.1. The maximum absolute atomic E-state index is 14.4. The van der Waals surface area contributed by atoms with E-state index in [0.29, 0.717) is 121 Å². The molecule has 3 fully saturated rings. The van der Waals surface area contributed by atoms with Crippen LogP contribution < -0.4 is 18.9 Å². The number of ether oxygens (including phenoxy) is 6. The second kappa shape index (κ2) is 23.7. The Morgan fingerprint density at radius 2 is 1.69 bits per heavy atom. The Balaban J connectivity index is 0.951. The van der Waals surface area contributed by atoms with Crippen molar-refractivity contribution in [2.45, 2.75) is 89.3 Å². The number of halogens is 3. The molecular weight excluding hydrogens is 1010 g/mol. The number of benzene rings is 3. The molecule has 74 heavy (non-hydrogen) atoms. The fourth-order valence-electron chi connectivity index (χ4n) is 10.00. The first kappa shape index (κ1) is 52.2. The summed E-state index contributed by atoms with van der Waals surface area (Å²) in [6, 6.07) is 13.3. The number of thiophene rings is 1. The smallest absolute Gasteiger partial charge is 0.345 e. The minimum absolute atomic E-state index is 0.0132. The van der Waals surface area contributed by atoms with Crippen molar-refractivity contribution in [3.05, 3.63) is 105 Å². The van der Waals surface area contributed by atoms with Crippen LogP contribution in [0.5, 0.6) is 23.1 Å². The molecule has 5 aliphatic rings. The van der Waals surface area contributed by atoms with E-state index in [1.807, 2.05) is 19.9 Å². The van der Waals surface area contributed by atoms with E-state index in [4.69, 9.17) is 66.4 Å². The van der Waals surface area contributed by atoms with Crippen LogP contribution in [0.25, 0.3) is 31.8 Å².